The van der Waals surface area contributed by atoms with Gasteiger partial charge in [0.25, 0.3) is 0 Å². The van der Waals surface area contributed by atoms with Gasteiger partial charge in [-0.1, -0.05) is 83.3 Å². The van der Waals surface area contributed by atoms with Crippen LogP contribution in [-0.2, 0) is 21.4 Å². The molecule has 6 heteroatoms. The van der Waals surface area contributed by atoms with Gasteiger partial charge in [-0.3, -0.25) is 14.5 Å². The van der Waals surface area contributed by atoms with Crippen LogP contribution in [0, 0.1) is 0 Å². The molecule has 2 aliphatic heterocycles. The van der Waals surface area contributed by atoms with E-state index in [1.165, 1.54) is 51.4 Å². The Hall–Kier alpha value is -2.18. The summed E-state index contributed by atoms with van der Waals surface area (Å²) < 4.78 is 12.2. The van der Waals surface area contributed by atoms with Crippen molar-refractivity contribution >= 4 is 11.8 Å². The smallest absolute Gasteiger partial charge is 0.311 e. The highest BCUT2D eigenvalue weighted by molar-refractivity contribution is 5.90. The van der Waals surface area contributed by atoms with Crippen LogP contribution in [-0.4, -0.2) is 52.6 Å². The molecule has 4 atom stereocenters. The summed E-state index contributed by atoms with van der Waals surface area (Å²) in [7, 11) is 0. The molecule has 1 aromatic rings. The maximum absolute atomic E-state index is 13.2. The summed E-state index contributed by atoms with van der Waals surface area (Å²) in [5.74, 6) is 0.689. The highest BCUT2D eigenvalue weighted by Crippen LogP contribution is 2.64. The number of benzene rings is 1. The molecule has 2 bridgehead atoms. The Morgan fingerprint density at radius 3 is 2.49 bits per heavy atom. The SMILES string of the molecule is C=CCN1CC[C@]23c4c5ccc(OC(=O)CCCCCCCCCCCCC)c4OC2C(=O)CC[C@@]3(O)C1C5. The first-order valence-corrected chi connectivity index (χ1v) is 15.6. The fourth-order valence-corrected chi connectivity index (χ4v) is 7.97. The lowest BCUT2D eigenvalue weighted by atomic mass is 9.49. The van der Waals surface area contributed by atoms with E-state index in [0.29, 0.717) is 50.1 Å². The molecule has 1 saturated carbocycles. The maximum atomic E-state index is 13.2. The molecule has 2 fully saturated rings. The first-order valence-electron chi connectivity index (χ1n) is 15.6. The molecule has 0 amide bonds. The summed E-state index contributed by atoms with van der Waals surface area (Å²) >= 11 is 0. The number of unbranched alkanes of at least 4 members (excludes halogenated alkanes) is 10. The standard InChI is InChI=1S/C33H47NO5/c1-3-5-6-7-8-9-10-11-12-13-14-15-28(36)38-26-17-16-24-23-27-33(37)19-18-25(35)31-32(33,29(24)30(26)39-31)20-22-34(27)21-4-2/h4,16-17,27,31,37H,2-3,5-15,18-23H2,1H3/t27?,31?,32-,33+/m0/s1. The van der Waals surface area contributed by atoms with Gasteiger partial charge in [0.05, 0.1) is 11.0 Å². The number of aliphatic hydroxyl groups is 1. The van der Waals surface area contributed by atoms with Crippen LogP contribution in [0.15, 0.2) is 24.8 Å². The van der Waals surface area contributed by atoms with Gasteiger partial charge in [-0.05, 0) is 37.3 Å². The second kappa shape index (κ2) is 12.1. The summed E-state index contributed by atoms with van der Waals surface area (Å²) in [5, 5.41) is 12.3. The van der Waals surface area contributed by atoms with Crippen molar-refractivity contribution in [3.8, 4) is 11.5 Å². The molecule has 1 spiro atoms. The van der Waals surface area contributed by atoms with Crippen molar-refractivity contribution in [3.05, 3.63) is 35.9 Å². The first-order chi connectivity index (χ1) is 19.0. The summed E-state index contributed by atoms with van der Waals surface area (Å²) in [6.45, 7) is 7.64. The molecule has 5 rings (SSSR count). The van der Waals surface area contributed by atoms with Gasteiger partial charge in [-0.25, -0.2) is 0 Å². The van der Waals surface area contributed by atoms with E-state index in [1.807, 2.05) is 18.2 Å². The third-order valence-corrected chi connectivity index (χ3v) is 9.93. The van der Waals surface area contributed by atoms with Gasteiger partial charge in [0.15, 0.2) is 23.4 Å². The van der Waals surface area contributed by atoms with Crippen LogP contribution in [0.4, 0.5) is 0 Å². The Labute approximate surface area is 234 Å². The molecular formula is C33H47NO5. The van der Waals surface area contributed by atoms with E-state index in [0.717, 1.165) is 36.9 Å². The number of carbonyl (C=O) groups is 2. The predicted molar refractivity (Wildman–Crippen MR) is 152 cm³/mol. The quantitative estimate of drug-likeness (QED) is 0.124. The molecular weight excluding hydrogens is 490 g/mol. The zero-order valence-electron chi connectivity index (χ0n) is 23.8. The zero-order valence-corrected chi connectivity index (χ0v) is 23.8. The van der Waals surface area contributed by atoms with Crippen LogP contribution < -0.4 is 9.47 Å². The molecule has 214 valence electrons. The van der Waals surface area contributed by atoms with Gasteiger partial charge < -0.3 is 14.6 Å². The Bertz CT molecular complexity index is 1070. The summed E-state index contributed by atoms with van der Waals surface area (Å²) in [6, 6.07) is 3.75. The minimum absolute atomic E-state index is 0.0397. The summed E-state index contributed by atoms with van der Waals surface area (Å²) in [6.07, 6.45) is 17.2. The van der Waals surface area contributed by atoms with E-state index >= 15 is 0 Å². The van der Waals surface area contributed by atoms with Gasteiger partial charge in [-0.2, -0.15) is 0 Å². The molecule has 4 aliphatic rings. The number of likely N-dealkylation sites (tertiary alicyclic amines) is 1. The number of piperidine rings is 1. The van der Waals surface area contributed by atoms with E-state index in [1.54, 1.807) is 0 Å². The van der Waals surface area contributed by atoms with Crippen molar-refractivity contribution in [2.75, 3.05) is 13.1 Å². The van der Waals surface area contributed by atoms with E-state index in [-0.39, 0.29) is 17.8 Å². The van der Waals surface area contributed by atoms with E-state index < -0.39 is 17.1 Å². The molecule has 2 unspecified atom stereocenters. The van der Waals surface area contributed by atoms with Crippen LogP contribution in [0.3, 0.4) is 0 Å². The largest absolute Gasteiger partial charge is 0.477 e. The second-order valence-electron chi connectivity index (χ2n) is 12.3. The molecule has 0 radical (unpaired) electrons. The van der Waals surface area contributed by atoms with Gasteiger partial charge in [0.2, 0.25) is 0 Å². The number of hydrogen-bond donors (Lipinski definition) is 1. The first kappa shape index (κ1) is 28.4. The maximum Gasteiger partial charge on any atom is 0.311 e. The van der Waals surface area contributed by atoms with E-state index in [4.69, 9.17) is 9.47 Å². The molecule has 0 aromatic heterocycles. The van der Waals surface area contributed by atoms with E-state index in [9.17, 15) is 14.7 Å². The van der Waals surface area contributed by atoms with Gasteiger partial charge in [0.1, 0.15) is 0 Å². The van der Waals surface area contributed by atoms with Crippen LogP contribution in [0.25, 0.3) is 0 Å². The van der Waals surface area contributed by atoms with Crippen molar-refractivity contribution in [2.24, 2.45) is 0 Å². The minimum atomic E-state index is -1.05. The molecule has 1 saturated heterocycles. The predicted octanol–water partition coefficient (Wildman–Crippen LogP) is 6.20. The number of nitrogens with zero attached hydrogens (tertiary/aromatic N) is 1. The average Bonchev–Trinajstić information content (AvgIpc) is 3.28. The van der Waals surface area contributed by atoms with E-state index in [2.05, 4.69) is 18.4 Å². The summed E-state index contributed by atoms with van der Waals surface area (Å²) in [5.41, 5.74) is 0.184. The number of ketones is 1. The van der Waals surface area contributed by atoms with Crippen molar-refractivity contribution in [2.45, 2.75) is 133 Å². The normalized spacial score (nSPS) is 28.6. The van der Waals surface area contributed by atoms with Crippen molar-refractivity contribution < 1.29 is 24.2 Å². The van der Waals surface area contributed by atoms with Gasteiger partial charge >= 0.3 is 5.97 Å². The molecule has 1 N–H and O–H groups in total. The fourth-order valence-electron chi connectivity index (χ4n) is 7.97. The zero-order chi connectivity index (χ0) is 27.5. The van der Waals surface area contributed by atoms with Crippen LogP contribution in [0.1, 0.15) is 114 Å². The highest BCUT2D eigenvalue weighted by Gasteiger charge is 2.73. The lowest BCUT2D eigenvalue weighted by Gasteiger charge is -2.62. The Morgan fingerprint density at radius 1 is 1.10 bits per heavy atom. The minimum Gasteiger partial charge on any atom is -0.477 e. The molecule has 1 aromatic carbocycles. The average molecular weight is 538 g/mol. The van der Waals surface area contributed by atoms with Gasteiger partial charge in [0, 0.05) is 37.5 Å². The number of hydrogen-bond acceptors (Lipinski definition) is 6. The summed E-state index contributed by atoms with van der Waals surface area (Å²) in [4.78, 5) is 28.3. The monoisotopic (exact) mass is 537 g/mol. The van der Waals surface area contributed by atoms with Gasteiger partial charge in [-0.15, -0.1) is 6.58 Å². The second-order valence-corrected chi connectivity index (χ2v) is 12.3. The van der Waals surface area contributed by atoms with Crippen LogP contribution in [0.5, 0.6) is 11.5 Å². The topological polar surface area (TPSA) is 76.1 Å². The Morgan fingerprint density at radius 2 is 1.79 bits per heavy atom. The number of ether oxygens (including phenoxy) is 2. The lowest BCUT2D eigenvalue weighted by molar-refractivity contribution is -0.187. The molecule has 2 aliphatic carbocycles. The highest BCUT2D eigenvalue weighted by atomic mass is 16.6. The molecule has 6 nitrogen and oxygen atoms in total. The number of esters is 1. The number of Topliss-reactive ketones (excluding diaryl/α,β-unsaturated/α-hetero) is 1. The lowest BCUT2D eigenvalue weighted by Crippen LogP contribution is -2.76. The third-order valence-electron chi connectivity index (χ3n) is 9.93. The number of rotatable bonds is 15. The number of carbonyl (C=O) groups excluding carboxylic acids is 2. The fraction of sp³-hybridized carbons (Fsp3) is 0.697. The third kappa shape index (κ3) is 5.08. The Kier molecular flexibility index (Phi) is 8.82. The molecule has 2 heterocycles. The molecule has 39 heavy (non-hydrogen) atoms. The van der Waals surface area contributed by atoms with Crippen LogP contribution >= 0.6 is 0 Å². The van der Waals surface area contributed by atoms with Crippen molar-refractivity contribution in [1.82, 2.24) is 4.90 Å². The van der Waals surface area contributed by atoms with Crippen molar-refractivity contribution in [3.63, 3.8) is 0 Å². The van der Waals surface area contributed by atoms with Crippen molar-refractivity contribution in [1.29, 1.82) is 0 Å². The Balaban J connectivity index is 1.20. The van der Waals surface area contributed by atoms with Crippen LogP contribution in [0.2, 0.25) is 0 Å².